The highest BCUT2D eigenvalue weighted by Gasteiger charge is 2.45. The summed E-state index contributed by atoms with van der Waals surface area (Å²) in [7, 11) is 0. The maximum Gasteiger partial charge on any atom is 0.0268 e. The van der Waals surface area contributed by atoms with Crippen molar-refractivity contribution in [3.8, 4) is 11.8 Å². The van der Waals surface area contributed by atoms with Crippen LogP contribution in [0.3, 0.4) is 0 Å². The van der Waals surface area contributed by atoms with Crippen LogP contribution in [-0.4, -0.2) is 0 Å². The lowest BCUT2D eigenvalue weighted by molar-refractivity contribution is 0.276. The van der Waals surface area contributed by atoms with Crippen molar-refractivity contribution in [3.05, 3.63) is 48.6 Å². The summed E-state index contributed by atoms with van der Waals surface area (Å²) in [6.07, 6.45) is 7.46. The van der Waals surface area contributed by atoms with Gasteiger partial charge in [0.1, 0.15) is 0 Å². The molecule has 4 unspecified atom stereocenters. The monoisotopic (exact) mass is 236 g/mol. The van der Waals surface area contributed by atoms with Gasteiger partial charge in [-0.05, 0) is 55.6 Å². The van der Waals surface area contributed by atoms with E-state index in [9.17, 15) is 0 Å². The maximum atomic E-state index is 3.91. The molecule has 2 fully saturated rings. The Kier molecular flexibility index (Phi) is 3.24. The van der Waals surface area contributed by atoms with E-state index in [1.54, 1.807) is 0 Å². The number of hydrogen-bond acceptors (Lipinski definition) is 0. The second-order valence-electron chi connectivity index (χ2n) is 5.68. The van der Waals surface area contributed by atoms with Crippen LogP contribution in [0.4, 0.5) is 0 Å². The van der Waals surface area contributed by atoms with Crippen molar-refractivity contribution in [1.82, 2.24) is 0 Å². The number of fused-ring (bicyclic) bond motifs is 2. The van der Waals surface area contributed by atoms with E-state index in [4.69, 9.17) is 0 Å². The van der Waals surface area contributed by atoms with Crippen LogP contribution in [0.2, 0.25) is 0 Å². The molecule has 2 bridgehead atoms. The Morgan fingerprint density at radius 1 is 1.17 bits per heavy atom. The molecule has 2 aliphatic carbocycles. The first-order valence-corrected chi connectivity index (χ1v) is 7.06. The Labute approximate surface area is 110 Å². The second-order valence-corrected chi connectivity index (χ2v) is 5.68. The van der Waals surface area contributed by atoms with Gasteiger partial charge in [0.2, 0.25) is 0 Å². The van der Waals surface area contributed by atoms with Crippen molar-refractivity contribution in [3.63, 3.8) is 0 Å². The molecular weight excluding hydrogens is 216 g/mol. The molecule has 92 valence electrons. The Morgan fingerprint density at radius 3 is 2.72 bits per heavy atom. The molecule has 0 saturated heterocycles. The number of hydrogen-bond donors (Lipinski definition) is 0. The van der Waals surface area contributed by atoms with Gasteiger partial charge in [0.25, 0.3) is 0 Å². The van der Waals surface area contributed by atoms with Gasteiger partial charge in [-0.2, -0.15) is 0 Å². The predicted octanol–water partition coefficient (Wildman–Crippen LogP) is 4.28. The van der Waals surface area contributed by atoms with Gasteiger partial charge in [0.15, 0.2) is 0 Å². The molecule has 1 aromatic carbocycles. The van der Waals surface area contributed by atoms with E-state index < -0.39 is 0 Å². The second kappa shape index (κ2) is 5.02. The summed E-state index contributed by atoms with van der Waals surface area (Å²) in [5.74, 6) is 10.1. The SMILES string of the molecule is C=CCC1C2CCC(C2)C1C#Cc1ccccc1. The molecule has 0 heteroatoms. The van der Waals surface area contributed by atoms with E-state index in [2.05, 4.69) is 48.8 Å². The minimum atomic E-state index is 0.613. The van der Waals surface area contributed by atoms with Gasteiger partial charge in [0.05, 0.1) is 0 Å². The molecule has 0 heterocycles. The van der Waals surface area contributed by atoms with Crippen LogP contribution >= 0.6 is 0 Å². The third kappa shape index (κ3) is 2.10. The van der Waals surface area contributed by atoms with Gasteiger partial charge in [0, 0.05) is 11.5 Å². The van der Waals surface area contributed by atoms with Crippen LogP contribution < -0.4 is 0 Å². The summed E-state index contributed by atoms with van der Waals surface area (Å²) in [6, 6.07) is 10.4. The minimum Gasteiger partial charge on any atom is -0.103 e. The molecule has 0 N–H and O–H groups in total. The van der Waals surface area contributed by atoms with E-state index in [0.717, 1.165) is 29.7 Å². The highest BCUT2D eigenvalue weighted by molar-refractivity contribution is 5.35. The van der Waals surface area contributed by atoms with E-state index in [-0.39, 0.29) is 0 Å². The summed E-state index contributed by atoms with van der Waals surface area (Å²) >= 11 is 0. The Hall–Kier alpha value is -1.48. The van der Waals surface area contributed by atoms with Crippen molar-refractivity contribution in [2.75, 3.05) is 0 Å². The maximum absolute atomic E-state index is 3.91. The van der Waals surface area contributed by atoms with Gasteiger partial charge in [-0.25, -0.2) is 0 Å². The number of allylic oxidation sites excluding steroid dienone is 1. The van der Waals surface area contributed by atoms with E-state index in [1.807, 2.05) is 6.07 Å². The van der Waals surface area contributed by atoms with Crippen molar-refractivity contribution in [2.24, 2.45) is 23.7 Å². The summed E-state index contributed by atoms with van der Waals surface area (Å²) in [6.45, 7) is 3.91. The zero-order valence-electron chi connectivity index (χ0n) is 10.8. The lowest BCUT2D eigenvalue weighted by Crippen LogP contribution is -2.20. The van der Waals surface area contributed by atoms with Gasteiger partial charge in [-0.1, -0.05) is 36.1 Å². The molecule has 0 aromatic heterocycles. The molecule has 4 atom stereocenters. The summed E-state index contributed by atoms with van der Waals surface area (Å²) < 4.78 is 0. The smallest absolute Gasteiger partial charge is 0.0268 e. The number of benzene rings is 1. The average Bonchev–Trinajstić information content (AvgIpc) is 3.00. The van der Waals surface area contributed by atoms with Crippen molar-refractivity contribution < 1.29 is 0 Å². The first-order chi connectivity index (χ1) is 8.88. The molecule has 2 saturated carbocycles. The molecule has 0 amide bonds. The first kappa shape index (κ1) is 11.6. The van der Waals surface area contributed by atoms with Gasteiger partial charge < -0.3 is 0 Å². The first-order valence-electron chi connectivity index (χ1n) is 7.06. The van der Waals surface area contributed by atoms with Gasteiger partial charge in [-0.15, -0.1) is 6.58 Å². The van der Waals surface area contributed by atoms with Gasteiger partial charge >= 0.3 is 0 Å². The molecular formula is C18H20. The Balaban J connectivity index is 1.79. The van der Waals surface area contributed by atoms with Crippen LogP contribution in [0.15, 0.2) is 43.0 Å². The van der Waals surface area contributed by atoms with Crippen LogP contribution in [0.5, 0.6) is 0 Å². The fourth-order valence-corrected chi connectivity index (χ4v) is 3.86. The van der Waals surface area contributed by atoms with Crippen molar-refractivity contribution >= 4 is 0 Å². The largest absolute Gasteiger partial charge is 0.103 e. The quantitative estimate of drug-likeness (QED) is 0.531. The molecule has 3 rings (SSSR count). The van der Waals surface area contributed by atoms with Crippen LogP contribution in [0.1, 0.15) is 31.2 Å². The third-order valence-electron chi connectivity index (χ3n) is 4.68. The van der Waals surface area contributed by atoms with Crippen molar-refractivity contribution in [2.45, 2.75) is 25.7 Å². The number of rotatable bonds is 2. The summed E-state index contributed by atoms with van der Waals surface area (Å²) in [5, 5.41) is 0. The minimum absolute atomic E-state index is 0.613. The summed E-state index contributed by atoms with van der Waals surface area (Å²) in [4.78, 5) is 0. The fourth-order valence-electron chi connectivity index (χ4n) is 3.86. The highest BCUT2D eigenvalue weighted by Crippen LogP contribution is 2.53. The predicted molar refractivity (Wildman–Crippen MR) is 75.9 cm³/mol. The summed E-state index contributed by atoms with van der Waals surface area (Å²) in [5.41, 5.74) is 1.15. The highest BCUT2D eigenvalue weighted by atomic mass is 14.5. The molecule has 1 aromatic rings. The Morgan fingerprint density at radius 2 is 1.94 bits per heavy atom. The molecule has 18 heavy (non-hydrogen) atoms. The van der Waals surface area contributed by atoms with Crippen LogP contribution in [0, 0.1) is 35.5 Å². The van der Waals surface area contributed by atoms with E-state index in [0.29, 0.717) is 5.92 Å². The topological polar surface area (TPSA) is 0 Å². The fraction of sp³-hybridized carbons (Fsp3) is 0.444. The molecule has 0 aliphatic heterocycles. The zero-order chi connectivity index (χ0) is 12.4. The average molecular weight is 236 g/mol. The molecule has 0 spiro atoms. The Bertz CT molecular complexity index is 474. The van der Waals surface area contributed by atoms with E-state index >= 15 is 0 Å². The van der Waals surface area contributed by atoms with Crippen LogP contribution in [-0.2, 0) is 0 Å². The molecule has 0 nitrogen and oxygen atoms in total. The standard InChI is InChI=1S/C18H20/c1-2-6-17-15-10-11-16(13-15)18(17)12-9-14-7-4-3-5-8-14/h2-5,7-8,15-18H,1,6,10-11,13H2. The third-order valence-corrected chi connectivity index (χ3v) is 4.68. The lowest BCUT2D eigenvalue weighted by Gasteiger charge is -2.26. The molecule has 2 aliphatic rings. The normalized spacial score (nSPS) is 32.9. The van der Waals surface area contributed by atoms with E-state index in [1.165, 1.54) is 19.3 Å². The lowest BCUT2D eigenvalue weighted by atomic mass is 9.78. The van der Waals surface area contributed by atoms with Crippen molar-refractivity contribution in [1.29, 1.82) is 0 Å². The van der Waals surface area contributed by atoms with Crippen LogP contribution in [0.25, 0.3) is 0 Å². The molecule has 0 radical (unpaired) electrons. The zero-order valence-corrected chi connectivity index (χ0v) is 10.8. The van der Waals surface area contributed by atoms with Gasteiger partial charge in [-0.3, -0.25) is 0 Å².